The number of likely N-dealkylation sites (tertiary alicyclic amines) is 1. The van der Waals surface area contributed by atoms with Gasteiger partial charge in [-0.15, -0.1) is 24.0 Å². The molecule has 1 aliphatic heterocycles. The minimum Gasteiger partial charge on any atom is -0.356 e. The first kappa shape index (κ1) is 21.2. The molecule has 1 fully saturated rings. The highest BCUT2D eigenvalue weighted by Crippen LogP contribution is 2.16. The first-order valence-corrected chi connectivity index (χ1v) is 8.74. The molecule has 2 heterocycles. The van der Waals surface area contributed by atoms with E-state index < -0.39 is 0 Å². The van der Waals surface area contributed by atoms with Crippen LogP contribution in [0.2, 0.25) is 0 Å². The number of nitrogens with one attached hydrogen (secondary N) is 2. The Morgan fingerprint density at radius 1 is 1.38 bits per heavy atom. The number of piperidine rings is 1. The van der Waals surface area contributed by atoms with Gasteiger partial charge < -0.3 is 15.5 Å². The molecule has 1 aliphatic rings. The van der Waals surface area contributed by atoms with Gasteiger partial charge in [-0.3, -0.25) is 9.98 Å². The molecule has 1 saturated heterocycles. The summed E-state index contributed by atoms with van der Waals surface area (Å²) < 4.78 is 0. The van der Waals surface area contributed by atoms with Gasteiger partial charge in [0.15, 0.2) is 5.96 Å². The van der Waals surface area contributed by atoms with E-state index in [2.05, 4.69) is 39.4 Å². The molecular formula is C18H32IN5. The molecule has 0 aromatic carbocycles. The van der Waals surface area contributed by atoms with Crippen LogP contribution < -0.4 is 10.6 Å². The number of guanidine groups is 1. The van der Waals surface area contributed by atoms with Gasteiger partial charge in [0, 0.05) is 32.9 Å². The molecule has 136 valence electrons. The number of nitrogens with zero attached hydrogens (tertiary/aromatic N) is 3. The fourth-order valence-corrected chi connectivity index (χ4v) is 3.14. The largest absolute Gasteiger partial charge is 0.356 e. The quantitative estimate of drug-likeness (QED) is 0.402. The van der Waals surface area contributed by atoms with E-state index >= 15 is 0 Å². The van der Waals surface area contributed by atoms with Gasteiger partial charge in [0.1, 0.15) is 0 Å². The number of aromatic nitrogens is 1. The summed E-state index contributed by atoms with van der Waals surface area (Å²) in [6.45, 7) is 9.94. The highest BCUT2D eigenvalue weighted by Gasteiger charge is 2.20. The summed E-state index contributed by atoms with van der Waals surface area (Å²) in [5, 5.41) is 6.80. The molecule has 1 atom stereocenters. The van der Waals surface area contributed by atoms with E-state index in [1.54, 1.807) is 0 Å². The van der Waals surface area contributed by atoms with Crippen LogP contribution in [0.1, 0.15) is 32.4 Å². The molecule has 1 aromatic heterocycles. The number of hydrogen-bond donors (Lipinski definition) is 2. The van der Waals surface area contributed by atoms with E-state index in [-0.39, 0.29) is 24.0 Å². The third kappa shape index (κ3) is 7.79. The van der Waals surface area contributed by atoms with E-state index in [1.807, 2.05) is 31.4 Å². The van der Waals surface area contributed by atoms with Crippen LogP contribution in [0.3, 0.4) is 0 Å². The van der Waals surface area contributed by atoms with Crippen LogP contribution in [0.25, 0.3) is 0 Å². The summed E-state index contributed by atoms with van der Waals surface area (Å²) in [6, 6.07) is 5.96. The Kier molecular flexibility index (Phi) is 10.2. The Morgan fingerprint density at radius 3 is 2.88 bits per heavy atom. The van der Waals surface area contributed by atoms with Gasteiger partial charge in [0.25, 0.3) is 0 Å². The molecule has 2 N–H and O–H groups in total. The normalized spacial score (nSPS) is 19.0. The van der Waals surface area contributed by atoms with E-state index in [0.29, 0.717) is 12.5 Å². The van der Waals surface area contributed by atoms with E-state index in [1.165, 1.54) is 32.5 Å². The van der Waals surface area contributed by atoms with Gasteiger partial charge in [0.2, 0.25) is 0 Å². The SMILES string of the molecule is CN=C(NCc1ccccn1)NCC1CCCN(CC(C)C)C1.I. The molecule has 0 amide bonds. The predicted octanol–water partition coefficient (Wildman–Crippen LogP) is 2.73. The van der Waals surface area contributed by atoms with Crippen LogP contribution in [0.5, 0.6) is 0 Å². The lowest BCUT2D eigenvalue weighted by molar-refractivity contribution is 0.159. The molecular weight excluding hydrogens is 413 g/mol. The lowest BCUT2D eigenvalue weighted by Gasteiger charge is -2.34. The Labute approximate surface area is 163 Å². The molecule has 5 nitrogen and oxygen atoms in total. The minimum atomic E-state index is 0. The number of hydrogen-bond acceptors (Lipinski definition) is 3. The topological polar surface area (TPSA) is 52.6 Å². The Hall–Kier alpha value is -0.890. The molecule has 0 bridgehead atoms. The van der Waals surface area contributed by atoms with Crippen LogP contribution in [-0.4, -0.2) is 49.1 Å². The lowest BCUT2D eigenvalue weighted by atomic mass is 9.97. The van der Waals surface area contributed by atoms with Gasteiger partial charge in [0.05, 0.1) is 12.2 Å². The third-order valence-electron chi connectivity index (χ3n) is 4.17. The predicted molar refractivity (Wildman–Crippen MR) is 112 cm³/mol. The Balaban J connectivity index is 0.00000288. The molecule has 0 saturated carbocycles. The number of rotatable bonds is 6. The Morgan fingerprint density at radius 2 is 2.21 bits per heavy atom. The summed E-state index contributed by atoms with van der Waals surface area (Å²) in [6.07, 6.45) is 4.43. The Bertz CT molecular complexity index is 478. The molecule has 0 spiro atoms. The van der Waals surface area contributed by atoms with Gasteiger partial charge in [-0.1, -0.05) is 19.9 Å². The number of aliphatic imine (C=N–C) groups is 1. The summed E-state index contributed by atoms with van der Waals surface area (Å²) in [5.41, 5.74) is 1.02. The summed E-state index contributed by atoms with van der Waals surface area (Å²) >= 11 is 0. The second-order valence-electron chi connectivity index (χ2n) is 6.79. The number of halogens is 1. The lowest BCUT2D eigenvalue weighted by Crippen LogP contribution is -2.45. The van der Waals surface area contributed by atoms with E-state index in [0.717, 1.165) is 24.1 Å². The van der Waals surface area contributed by atoms with Crippen LogP contribution in [0.15, 0.2) is 29.4 Å². The zero-order valence-corrected chi connectivity index (χ0v) is 17.5. The van der Waals surface area contributed by atoms with E-state index in [4.69, 9.17) is 0 Å². The van der Waals surface area contributed by atoms with Gasteiger partial charge >= 0.3 is 0 Å². The highest BCUT2D eigenvalue weighted by molar-refractivity contribution is 14.0. The third-order valence-corrected chi connectivity index (χ3v) is 4.17. The van der Waals surface area contributed by atoms with Crippen molar-refractivity contribution in [3.63, 3.8) is 0 Å². The molecule has 1 unspecified atom stereocenters. The monoisotopic (exact) mass is 445 g/mol. The van der Waals surface area contributed by atoms with Crippen LogP contribution in [-0.2, 0) is 6.54 Å². The fraction of sp³-hybridized carbons (Fsp3) is 0.667. The van der Waals surface area contributed by atoms with Crippen molar-refractivity contribution in [3.8, 4) is 0 Å². The second kappa shape index (κ2) is 11.6. The zero-order valence-electron chi connectivity index (χ0n) is 15.2. The molecule has 0 radical (unpaired) electrons. The van der Waals surface area contributed by atoms with Crippen molar-refractivity contribution in [1.82, 2.24) is 20.5 Å². The number of pyridine rings is 1. The molecule has 24 heavy (non-hydrogen) atoms. The van der Waals surface area contributed by atoms with Gasteiger partial charge in [-0.25, -0.2) is 0 Å². The van der Waals surface area contributed by atoms with Crippen molar-refractivity contribution in [1.29, 1.82) is 0 Å². The molecule has 2 rings (SSSR count). The molecule has 6 heteroatoms. The maximum Gasteiger partial charge on any atom is 0.191 e. The van der Waals surface area contributed by atoms with Crippen molar-refractivity contribution in [2.45, 2.75) is 33.2 Å². The van der Waals surface area contributed by atoms with Crippen LogP contribution in [0.4, 0.5) is 0 Å². The molecule has 0 aliphatic carbocycles. The van der Waals surface area contributed by atoms with Crippen molar-refractivity contribution >= 4 is 29.9 Å². The van der Waals surface area contributed by atoms with Gasteiger partial charge in [-0.05, 0) is 43.4 Å². The van der Waals surface area contributed by atoms with Crippen molar-refractivity contribution in [3.05, 3.63) is 30.1 Å². The highest BCUT2D eigenvalue weighted by atomic mass is 127. The standard InChI is InChI=1S/C18H31N5.HI/c1-15(2)13-23-10-6-7-16(14-23)11-21-18(19-3)22-12-17-8-4-5-9-20-17;/h4-5,8-9,15-16H,6-7,10-14H2,1-3H3,(H2,19,21,22);1H. The van der Waals surface area contributed by atoms with Crippen molar-refractivity contribution in [2.75, 3.05) is 33.2 Å². The van der Waals surface area contributed by atoms with Gasteiger partial charge in [-0.2, -0.15) is 0 Å². The first-order valence-electron chi connectivity index (χ1n) is 8.74. The van der Waals surface area contributed by atoms with Crippen LogP contribution >= 0.6 is 24.0 Å². The fourth-order valence-electron chi connectivity index (χ4n) is 3.14. The summed E-state index contributed by atoms with van der Waals surface area (Å²) in [5.74, 6) is 2.31. The van der Waals surface area contributed by atoms with E-state index in [9.17, 15) is 0 Å². The van der Waals surface area contributed by atoms with Crippen LogP contribution in [0, 0.1) is 11.8 Å². The summed E-state index contributed by atoms with van der Waals surface area (Å²) in [4.78, 5) is 11.2. The first-order chi connectivity index (χ1) is 11.2. The van der Waals surface area contributed by atoms with Crippen molar-refractivity contribution in [2.24, 2.45) is 16.8 Å². The molecule has 1 aromatic rings. The van der Waals surface area contributed by atoms with Crippen molar-refractivity contribution < 1.29 is 0 Å². The maximum atomic E-state index is 4.32. The maximum absolute atomic E-state index is 4.32. The second-order valence-corrected chi connectivity index (χ2v) is 6.79. The summed E-state index contributed by atoms with van der Waals surface area (Å²) in [7, 11) is 1.82. The smallest absolute Gasteiger partial charge is 0.191 e. The average Bonchev–Trinajstić information content (AvgIpc) is 2.56. The minimum absolute atomic E-state index is 0. The zero-order chi connectivity index (χ0) is 16.5. The average molecular weight is 445 g/mol.